The molecule has 0 spiro atoms. The number of esters is 1. The normalized spacial score (nSPS) is 11.5. The quantitative estimate of drug-likeness (QED) is 0.606. The van der Waals surface area contributed by atoms with Gasteiger partial charge >= 0.3 is 5.97 Å². The van der Waals surface area contributed by atoms with Gasteiger partial charge in [0.1, 0.15) is 12.4 Å². The van der Waals surface area contributed by atoms with E-state index >= 15 is 0 Å². The molecule has 0 aliphatic rings. The van der Waals surface area contributed by atoms with Crippen LogP contribution < -0.4 is 10.3 Å². The molecule has 6 heteroatoms. The molecular weight excluding hydrogens is 382 g/mol. The van der Waals surface area contributed by atoms with Crippen LogP contribution >= 0.6 is 0 Å². The second kappa shape index (κ2) is 8.61. The van der Waals surface area contributed by atoms with Gasteiger partial charge in [-0.3, -0.25) is 9.36 Å². The Balaban J connectivity index is 2.10. The molecule has 6 nitrogen and oxygen atoms in total. The van der Waals surface area contributed by atoms with Crippen molar-refractivity contribution in [3.63, 3.8) is 0 Å². The van der Waals surface area contributed by atoms with Crippen molar-refractivity contribution in [1.29, 1.82) is 0 Å². The molecule has 0 unspecified atom stereocenters. The zero-order chi connectivity index (χ0) is 21.9. The Kier molecular flexibility index (Phi) is 6.15. The van der Waals surface area contributed by atoms with Crippen LogP contribution in [0, 0.1) is 5.41 Å². The first-order chi connectivity index (χ1) is 14.2. The van der Waals surface area contributed by atoms with Crippen LogP contribution in [0.2, 0.25) is 0 Å². The highest BCUT2D eigenvalue weighted by molar-refractivity contribution is 5.99. The molecule has 0 bridgehead atoms. The van der Waals surface area contributed by atoms with Crippen molar-refractivity contribution in [2.24, 2.45) is 5.41 Å². The van der Waals surface area contributed by atoms with E-state index in [4.69, 9.17) is 9.47 Å². The monoisotopic (exact) mass is 409 g/mol. The summed E-state index contributed by atoms with van der Waals surface area (Å²) in [6.45, 7) is 8.29. The molecule has 2 aromatic carbocycles. The SMILES string of the molecule is CCOC(=O)c1c(O)c2ccc(OCc3ccccc3)cc2c(=O)n1CC(C)(C)C. The minimum atomic E-state index is -0.720. The molecule has 30 heavy (non-hydrogen) atoms. The molecule has 0 saturated heterocycles. The average Bonchev–Trinajstić information content (AvgIpc) is 2.70. The van der Waals surface area contributed by atoms with Crippen molar-refractivity contribution in [3.8, 4) is 11.5 Å². The van der Waals surface area contributed by atoms with E-state index in [-0.39, 0.29) is 41.0 Å². The molecule has 3 rings (SSSR count). The van der Waals surface area contributed by atoms with E-state index in [2.05, 4.69) is 0 Å². The van der Waals surface area contributed by atoms with Gasteiger partial charge in [0.15, 0.2) is 11.4 Å². The molecule has 158 valence electrons. The number of rotatable bonds is 6. The second-order valence-electron chi connectivity index (χ2n) is 8.35. The summed E-state index contributed by atoms with van der Waals surface area (Å²) in [6.07, 6.45) is 0. The largest absolute Gasteiger partial charge is 0.505 e. The zero-order valence-electron chi connectivity index (χ0n) is 17.8. The number of carbonyl (C=O) groups excluding carboxylic acids is 1. The molecule has 0 aliphatic carbocycles. The van der Waals surface area contributed by atoms with Gasteiger partial charge in [-0.25, -0.2) is 4.79 Å². The second-order valence-corrected chi connectivity index (χ2v) is 8.35. The molecule has 1 aromatic heterocycles. The van der Waals surface area contributed by atoms with Crippen LogP contribution in [0.3, 0.4) is 0 Å². The van der Waals surface area contributed by atoms with Crippen LogP contribution in [0.15, 0.2) is 53.3 Å². The van der Waals surface area contributed by atoms with Gasteiger partial charge in [-0.2, -0.15) is 0 Å². The number of hydrogen-bond donors (Lipinski definition) is 1. The van der Waals surface area contributed by atoms with Gasteiger partial charge in [0, 0.05) is 11.9 Å². The first kappa shape index (κ1) is 21.4. The third-order valence-electron chi connectivity index (χ3n) is 4.57. The Morgan fingerprint density at radius 1 is 1.07 bits per heavy atom. The molecule has 1 heterocycles. The van der Waals surface area contributed by atoms with Crippen molar-refractivity contribution in [3.05, 3.63) is 70.1 Å². The van der Waals surface area contributed by atoms with E-state index in [1.54, 1.807) is 25.1 Å². The molecule has 1 N–H and O–H groups in total. The Hall–Kier alpha value is -3.28. The van der Waals surface area contributed by atoms with Crippen molar-refractivity contribution >= 4 is 16.7 Å². The molecular formula is C24H27NO5. The van der Waals surface area contributed by atoms with Crippen LogP contribution in [0.1, 0.15) is 43.7 Å². The fraction of sp³-hybridized carbons (Fsp3) is 0.333. The third kappa shape index (κ3) is 4.64. The van der Waals surface area contributed by atoms with Gasteiger partial charge in [0.05, 0.1) is 12.0 Å². The summed E-state index contributed by atoms with van der Waals surface area (Å²) in [5.74, 6) is -0.474. The van der Waals surface area contributed by atoms with Crippen LogP contribution in [-0.2, 0) is 17.9 Å². The minimum Gasteiger partial charge on any atom is -0.505 e. The number of pyridine rings is 1. The summed E-state index contributed by atoms with van der Waals surface area (Å²) in [4.78, 5) is 25.8. The average molecular weight is 409 g/mol. The number of fused-ring (bicyclic) bond motifs is 1. The minimum absolute atomic E-state index is 0.123. The highest BCUT2D eigenvalue weighted by Crippen LogP contribution is 2.31. The summed E-state index contributed by atoms with van der Waals surface area (Å²) in [5.41, 5.74) is 0.212. The van der Waals surface area contributed by atoms with Crippen molar-refractivity contribution in [2.75, 3.05) is 6.61 Å². The zero-order valence-corrected chi connectivity index (χ0v) is 17.8. The van der Waals surface area contributed by atoms with E-state index in [1.165, 1.54) is 4.57 Å². The Bertz CT molecular complexity index is 1110. The van der Waals surface area contributed by atoms with Crippen molar-refractivity contribution in [2.45, 2.75) is 40.8 Å². The maximum absolute atomic E-state index is 13.3. The summed E-state index contributed by atoms with van der Waals surface area (Å²) < 4.78 is 12.2. The van der Waals surface area contributed by atoms with E-state index in [1.807, 2.05) is 51.1 Å². The number of hydrogen-bond acceptors (Lipinski definition) is 5. The number of nitrogens with zero attached hydrogens (tertiary/aromatic N) is 1. The van der Waals surface area contributed by atoms with Crippen LogP contribution in [0.25, 0.3) is 10.8 Å². The maximum atomic E-state index is 13.3. The van der Waals surface area contributed by atoms with E-state index < -0.39 is 5.97 Å². The van der Waals surface area contributed by atoms with Crippen molar-refractivity contribution in [1.82, 2.24) is 4.57 Å². The summed E-state index contributed by atoms with van der Waals surface area (Å²) >= 11 is 0. The highest BCUT2D eigenvalue weighted by atomic mass is 16.5. The molecule has 0 radical (unpaired) electrons. The molecule has 0 saturated carbocycles. The molecule has 0 atom stereocenters. The van der Waals surface area contributed by atoms with Gasteiger partial charge < -0.3 is 14.6 Å². The lowest BCUT2D eigenvalue weighted by Crippen LogP contribution is -2.32. The van der Waals surface area contributed by atoms with E-state index in [0.717, 1.165) is 5.56 Å². The van der Waals surface area contributed by atoms with Gasteiger partial charge in [-0.05, 0) is 36.1 Å². The Morgan fingerprint density at radius 2 is 1.77 bits per heavy atom. The summed E-state index contributed by atoms with van der Waals surface area (Å²) in [7, 11) is 0. The first-order valence-corrected chi connectivity index (χ1v) is 9.94. The van der Waals surface area contributed by atoms with Crippen LogP contribution in [-0.4, -0.2) is 22.2 Å². The lowest BCUT2D eigenvalue weighted by Gasteiger charge is -2.23. The number of aromatic hydroxyl groups is 1. The lowest BCUT2D eigenvalue weighted by atomic mass is 9.96. The number of ether oxygens (including phenoxy) is 2. The van der Waals surface area contributed by atoms with Crippen molar-refractivity contribution < 1.29 is 19.4 Å². The van der Waals surface area contributed by atoms with Gasteiger partial charge in [0.25, 0.3) is 5.56 Å². The predicted molar refractivity (Wildman–Crippen MR) is 116 cm³/mol. The van der Waals surface area contributed by atoms with Gasteiger partial charge in [-0.15, -0.1) is 0 Å². The summed E-state index contributed by atoms with van der Waals surface area (Å²) in [5, 5.41) is 11.4. The Morgan fingerprint density at radius 3 is 2.40 bits per heavy atom. The van der Waals surface area contributed by atoms with E-state index in [0.29, 0.717) is 17.7 Å². The molecule has 0 fully saturated rings. The molecule has 3 aromatic rings. The Labute approximate surface area is 175 Å². The predicted octanol–water partition coefficient (Wildman–Crippen LogP) is 4.51. The van der Waals surface area contributed by atoms with Crippen LogP contribution in [0.5, 0.6) is 11.5 Å². The maximum Gasteiger partial charge on any atom is 0.358 e. The number of benzene rings is 2. The smallest absolute Gasteiger partial charge is 0.358 e. The third-order valence-corrected chi connectivity index (χ3v) is 4.57. The topological polar surface area (TPSA) is 77.8 Å². The van der Waals surface area contributed by atoms with Crippen LogP contribution in [0.4, 0.5) is 0 Å². The number of carbonyl (C=O) groups is 1. The fourth-order valence-corrected chi connectivity index (χ4v) is 3.27. The summed E-state index contributed by atoms with van der Waals surface area (Å²) in [6, 6.07) is 14.6. The fourth-order valence-electron chi connectivity index (χ4n) is 3.27. The first-order valence-electron chi connectivity index (χ1n) is 9.94. The number of aromatic nitrogens is 1. The van der Waals surface area contributed by atoms with Gasteiger partial charge in [0.2, 0.25) is 0 Å². The molecule has 0 amide bonds. The van der Waals surface area contributed by atoms with Gasteiger partial charge in [-0.1, -0.05) is 51.1 Å². The lowest BCUT2D eigenvalue weighted by molar-refractivity contribution is 0.0505. The highest BCUT2D eigenvalue weighted by Gasteiger charge is 2.26. The standard InChI is InChI=1S/C24H27NO5/c1-5-29-23(28)20-21(26)18-12-11-17(30-14-16-9-7-6-8-10-16)13-19(18)22(27)25(20)15-24(2,3)4/h6-13,26H,5,14-15H2,1-4H3. The molecule has 0 aliphatic heterocycles. The van der Waals surface area contributed by atoms with E-state index in [9.17, 15) is 14.7 Å².